The van der Waals surface area contributed by atoms with Gasteiger partial charge in [-0.05, 0) is 24.6 Å². The lowest BCUT2D eigenvalue weighted by Crippen LogP contribution is -2.10. The van der Waals surface area contributed by atoms with Crippen LogP contribution in [0.25, 0.3) is 0 Å². The molecule has 0 radical (unpaired) electrons. The van der Waals surface area contributed by atoms with Crippen LogP contribution in [0, 0.1) is 28.7 Å². The quantitative estimate of drug-likeness (QED) is 0.494. The first-order valence-corrected chi connectivity index (χ1v) is 5.84. The fourth-order valence-electron chi connectivity index (χ4n) is 1.91. The summed E-state index contributed by atoms with van der Waals surface area (Å²) in [6.07, 6.45) is -4.99. The van der Waals surface area contributed by atoms with E-state index in [-0.39, 0.29) is 17.8 Å². The third-order valence-corrected chi connectivity index (χ3v) is 2.94. The molecule has 0 unspecified atom stereocenters. The van der Waals surface area contributed by atoms with Gasteiger partial charge in [0, 0.05) is 0 Å². The Bertz CT molecular complexity index is 739. The highest BCUT2D eigenvalue weighted by molar-refractivity contribution is 5.42. The second-order valence-corrected chi connectivity index (χ2v) is 4.44. The summed E-state index contributed by atoms with van der Waals surface area (Å²) in [6, 6.07) is 2.75. The second kappa shape index (κ2) is 5.35. The average molecular weight is 321 g/mol. The Morgan fingerprint density at radius 3 is 2.36 bits per heavy atom. The number of nitro groups is 1. The summed E-state index contributed by atoms with van der Waals surface area (Å²) in [5.74, 6) is -2.28. The smallest absolute Gasteiger partial charge is 0.258 e. The summed E-state index contributed by atoms with van der Waals surface area (Å²) < 4.78 is 64.9. The molecule has 1 aromatic heterocycles. The van der Waals surface area contributed by atoms with Crippen molar-refractivity contribution in [3.05, 3.63) is 56.9 Å². The summed E-state index contributed by atoms with van der Waals surface area (Å²) in [7, 11) is 0. The van der Waals surface area contributed by atoms with Crippen molar-refractivity contribution in [1.29, 1.82) is 0 Å². The van der Waals surface area contributed by atoms with Gasteiger partial charge >= 0.3 is 11.9 Å². The molecule has 0 atom stereocenters. The highest BCUT2D eigenvalue weighted by Gasteiger charge is 2.44. The first-order chi connectivity index (χ1) is 10.1. The molecule has 0 aliphatic rings. The molecule has 0 fully saturated rings. The minimum absolute atomic E-state index is 0.119. The zero-order chi connectivity index (χ0) is 16.7. The van der Waals surface area contributed by atoms with E-state index in [1.54, 1.807) is 0 Å². The van der Waals surface area contributed by atoms with E-state index in [1.807, 2.05) is 0 Å². The molecule has 0 spiro atoms. The van der Waals surface area contributed by atoms with Gasteiger partial charge in [0.05, 0.1) is 11.5 Å². The van der Waals surface area contributed by atoms with Gasteiger partial charge in [0.2, 0.25) is 5.69 Å². The summed E-state index contributed by atoms with van der Waals surface area (Å²) >= 11 is 0. The third kappa shape index (κ3) is 2.90. The highest BCUT2D eigenvalue weighted by Crippen LogP contribution is 2.37. The summed E-state index contributed by atoms with van der Waals surface area (Å²) in [5, 5.41) is 14.0. The maximum Gasteiger partial charge on any atom is 0.442 e. The zero-order valence-corrected chi connectivity index (χ0v) is 11.0. The van der Waals surface area contributed by atoms with E-state index < -0.39 is 34.1 Å². The largest absolute Gasteiger partial charge is 0.442 e. The van der Waals surface area contributed by atoms with Gasteiger partial charge in [-0.1, -0.05) is 6.07 Å². The van der Waals surface area contributed by atoms with Crippen molar-refractivity contribution in [2.75, 3.05) is 0 Å². The van der Waals surface area contributed by atoms with Crippen molar-refractivity contribution in [2.45, 2.75) is 19.6 Å². The predicted molar refractivity (Wildman–Crippen MR) is 64.1 cm³/mol. The topological polar surface area (TPSA) is 61.0 Å². The lowest BCUT2D eigenvalue weighted by atomic mass is 10.2. The molecule has 10 heteroatoms. The lowest BCUT2D eigenvalue weighted by Gasteiger charge is -2.04. The van der Waals surface area contributed by atoms with Crippen molar-refractivity contribution in [3.63, 3.8) is 0 Å². The molecule has 0 aliphatic heterocycles. The zero-order valence-electron chi connectivity index (χ0n) is 11.0. The van der Waals surface area contributed by atoms with Gasteiger partial charge in [-0.3, -0.25) is 14.8 Å². The van der Waals surface area contributed by atoms with Crippen molar-refractivity contribution in [3.8, 4) is 0 Å². The van der Waals surface area contributed by atoms with Gasteiger partial charge in [-0.25, -0.2) is 8.78 Å². The van der Waals surface area contributed by atoms with Gasteiger partial charge in [-0.15, -0.1) is 0 Å². The molecular weight excluding hydrogens is 313 g/mol. The maximum atomic E-state index is 13.1. The Morgan fingerprint density at radius 1 is 1.27 bits per heavy atom. The van der Waals surface area contributed by atoms with E-state index in [0.29, 0.717) is 0 Å². The monoisotopic (exact) mass is 321 g/mol. The Labute approximate surface area is 120 Å². The molecule has 0 bridgehead atoms. The van der Waals surface area contributed by atoms with E-state index >= 15 is 0 Å². The van der Waals surface area contributed by atoms with E-state index in [0.717, 1.165) is 29.8 Å². The number of hydrogen-bond donors (Lipinski definition) is 0. The molecule has 1 heterocycles. The van der Waals surface area contributed by atoms with Gasteiger partial charge in [-0.2, -0.15) is 18.3 Å². The molecule has 2 rings (SSSR count). The highest BCUT2D eigenvalue weighted by atomic mass is 19.4. The number of rotatable bonds is 3. The summed E-state index contributed by atoms with van der Waals surface area (Å²) in [6.45, 7) is 0.736. The van der Waals surface area contributed by atoms with Crippen LogP contribution in [-0.4, -0.2) is 14.7 Å². The number of aromatic nitrogens is 2. The molecule has 2 aromatic rings. The molecule has 0 saturated carbocycles. The fraction of sp³-hybridized carbons (Fsp3) is 0.250. The minimum Gasteiger partial charge on any atom is -0.258 e. The van der Waals surface area contributed by atoms with Crippen LogP contribution in [0.15, 0.2) is 18.2 Å². The Morgan fingerprint density at radius 2 is 1.91 bits per heavy atom. The van der Waals surface area contributed by atoms with Crippen molar-refractivity contribution >= 4 is 5.69 Å². The van der Waals surface area contributed by atoms with E-state index in [9.17, 15) is 32.1 Å². The van der Waals surface area contributed by atoms with Gasteiger partial charge in [0.15, 0.2) is 11.6 Å². The second-order valence-electron chi connectivity index (χ2n) is 4.44. The van der Waals surface area contributed by atoms with Crippen molar-refractivity contribution in [2.24, 2.45) is 0 Å². The molecule has 0 aliphatic carbocycles. The normalized spacial score (nSPS) is 11.7. The first-order valence-electron chi connectivity index (χ1n) is 5.84. The minimum atomic E-state index is -4.99. The van der Waals surface area contributed by atoms with E-state index in [4.69, 9.17) is 0 Å². The standard InChI is InChI=1S/C12H8F5N3O2/c1-6-10(20(21)22)11(12(15,16)17)18-19(6)5-7-2-3-8(13)9(14)4-7/h2-4H,5H2,1H3. The van der Waals surface area contributed by atoms with Crippen LogP contribution in [0.4, 0.5) is 27.6 Å². The molecule has 0 N–H and O–H groups in total. The Kier molecular flexibility index (Phi) is 3.86. The van der Waals surface area contributed by atoms with Crippen LogP contribution in [0.2, 0.25) is 0 Å². The Hall–Kier alpha value is -2.52. The Balaban J connectivity index is 2.48. The van der Waals surface area contributed by atoms with Crippen LogP contribution < -0.4 is 0 Å². The number of hydrogen-bond acceptors (Lipinski definition) is 3. The molecule has 118 valence electrons. The predicted octanol–water partition coefficient (Wildman–Crippen LogP) is 3.45. The average Bonchev–Trinajstić information content (AvgIpc) is 2.71. The van der Waals surface area contributed by atoms with Crippen molar-refractivity contribution < 1.29 is 26.9 Å². The van der Waals surface area contributed by atoms with Gasteiger partial charge < -0.3 is 0 Å². The van der Waals surface area contributed by atoms with E-state index in [2.05, 4.69) is 5.10 Å². The molecule has 0 amide bonds. The maximum absolute atomic E-state index is 13.1. The number of nitrogens with zero attached hydrogens (tertiary/aromatic N) is 3. The van der Waals surface area contributed by atoms with Crippen LogP contribution in [-0.2, 0) is 12.7 Å². The number of alkyl halides is 3. The molecule has 22 heavy (non-hydrogen) atoms. The third-order valence-electron chi connectivity index (χ3n) is 2.94. The van der Waals surface area contributed by atoms with E-state index in [1.165, 1.54) is 0 Å². The van der Waals surface area contributed by atoms with Crippen molar-refractivity contribution in [1.82, 2.24) is 9.78 Å². The number of benzene rings is 1. The summed E-state index contributed by atoms with van der Waals surface area (Å²) in [5.41, 5.74) is -3.00. The summed E-state index contributed by atoms with van der Waals surface area (Å²) in [4.78, 5) is 9.62. The fourth-order valence-corrected chi connectivity index (χ4v) is 1.91. The van der Waals surface area contributed by atoms with Gasteiger partial charge in [0.25, 0.3) is 0 Å². The molecule has 0 saturated heterocycles. The SMILES string of the molecule is Cc1c([N+](=O)[O-])c(C(F)(F)F)nn1Cc1ccc(F)c(F)c1. The van der Waals surface area contributed by atoms with Crippen LogP contribution in [0.5, 0.6) is 0 Å². The molecule has 5 nitrogen and oxygen atoms in total. The van der Waals surface area contributed by atoms with Crippen LogP contribution in [0.3, 0.4) is 0 Å². The lowest BCUT2D eigenvalue weighted by molar-refractivity contribution is -0.388. The molecule has 1 aromatic carbocycles. The van der Waals surface area contributed by atoms with Crippen LogP contribution in [0.1, 0.15) is 17.0 Å². The number of halogens is 5. The molecular formula is C12H8F5N3O2. The van der Waals surface area contributed by atoms with Crippen LogP contribution >= 0.6 is 0 Å². The first kappa shape index (κ1) is 15.9. The van der Waals surface area contributed by atoms with Gasteiger partial charge in [0.1, 0.15) is 5.69 Å².